The van der Waals surface area contributed by atoms with Gasteiger partial charge in [-0.05, 0) is 24.3 Å². The maximum Gasteiger partial charge on any atom is 0.335 e. The molecule has 0 aliphatic rings. The second-order valence-electron chi connectivity index (χ2n) is 4.73. The molecule has 5 nitrogen and oxygen atoms in total. The molecule has 0 aliphatic heterocycles. The van der Waals surface area contributed by atoms with Gasteiger partial charge in [-0.1, -0.05) is 30.3 Å². The van der Waals surface area contributed by atoms with E-state index in [-0.39, 0.29) is 11.5 Å². The Hall–Kier alpha value is -2.99. The van der Waals surface area contributed by atoms with Crippen LogP contribution >= 0.6 is 11.3 Å². The minimum atomic E-state index is -0.974. The van der Waals surface area contributed by atoms with Gasteiger partial charge in [-0.25, -0.2) is 9.78 Å². The number of amides is 1. The van der Waals surface area contributed by atoms with Crippen LogP contribution in [0.1, 0.15) is 20.0 Å². The number of aromatic nitrogens is 1. The molecule has 1 amide bonds. The average molecular weight is 324 g/mol. The summed E-state index contributed by atoms with van der Waals surface area (Å²) in [6.07, 6.45) is 1.52. The lowest BCUT2D eigenvalue weighted by Crippen LogP contribution is -2.09. The molecule has 0 atom stereocenters. The van der Waals surface area contributed by atoms with Crippen LogP contribution in [0, 0.1) is 0 Å². The monoisotopic (exact) mass is 324 g/mol. The Bertz CT molecular complexity index is 842. The van der Waals surface area contributed by atoms with Crippen molar-refractivity contribution in [2.45, 2.75) is 0 Å². The number of anilines is 1. The van der Waals surface area contributed by atoms with Crippen molar-refractivity contribution in [3.63, 3.8) is 0 Å². The first-order chi connectivity index (χ1) is 11.1. The normalized spacial score (nSPS) is 10.3. The summed E-state index contributed by atoms with van der Waals surface area (Å²) >= 11 is 1.26. The van der Waals surface area contributed by atoms with Gasteiger partial charge in [0.05, 0.1) is 11.8 Å². The molecule has 1 aromatic heterocycles. The third-order valence-electron chi connectivity index (χ3n) is 3.14. The number of aromatic carboxylic acids is 1. The van der Waals surface area contributed by atoms with Crippen molar-refractivity contribution in [3.05, 3.63) is 71.2 Å². The minimum absolute atomic E-state index is 0.215. The molecule has 2 aromatic carbocycles. The van der Waals surface area contributed by atoms with E-state index >= 15 is 0 Å². The topological polar surface area (TPSA) is 79.3 Å². The van der Waals surface area contributed by atoms with E-state index in [1.807, 2.05) is 30.3 Å². The highest BCUT2D eigenvalue weighted by Gasteiger charge is 2.12. The summed E-state index contributed by atoms with van der Waals surface area (Å²) in [6.45, 7) is 0. The highest BCUT2D eigenvalue weighted by Crippen LogP contribution is 2.26. The molecule has 3 rings (SSSR count). The molecule has 114 valence electrons. The molecule has 0 saturated carbocycles. The van der Waals surface area contributed by atoms with Crippen molar-refractivity contribution in [1.29, 1.82) is 0 Å². The number of nitrogens with zero attached hydrogens (tertiary/aromatic N) is 1. The number of carbonyl (C=O) groups excluding carboxylic acids is 1. The number of benzene rings is 2. The van der Waals surface area contributed by atoms with E-state index < -0.39 is 5.97 Å². The molecule has 23 heavy (non-hydrogen) atoms. The summed E-state index contributed by atoms with van der Waals surface area (Å²) in [5, 5.41) is 12.4. The molecule has 1 heterocycles. The van der Waals surface area contributed by atoms with Crippen molar-refractivity contribution >= 4 is 28.9 Å². The predicted molar refractivity (Wildman–Crippen MR) is 88.9 cm³/mol. The van der Waals surface area contributed by atoms with Crippen LogP contribution in [-0.2, 0) is 0 Å². The minimum Gasteiger partial charge on any atom is -0.478 e. The number of carboxylic acid groups (broad SMARTS) is 1. The number of carboxylic acids is 1. The Labute approximate surface area is 136 Å². The Kier molecular flexibility index (Phi) is 4.16. The Morgan fingerprint density at radius 3 is 2.35 bits per heavy atom. The van der Waals surface area contributed by atoms with Crippen molar-refractivity contribution in [1.82, 2.24) is 4.98 Å². The molecule has 0 unspecified atom stereocenters. The summed E-state index contributed by atoms with van der Waals surface area (Å²) in [5.74, 6) is -1.19. The average Bonchev–Trinajstić information content (AvgIpc) is 3.06. The fourth-order valence-electron chi connectivity index (χ4n) is 1.98. The first kappa shape index (κ1) is 14.9. The smallest absolute Gasteiger partial charge is 0.335 e. The lowest BCUT2D eigenvalue weighted by atomic mass is 10.1. The van der Waals surface area contributed by atoms with Crippen LogP contribution in [0.25, 0.3) is 10.6 Å². The zero-order valence-electron chi connectivity index (χ0n) is 11.9. The molecule has 0 fully saturated rings. The predicted octanol–water partition coefficient (Wildman–Crippen LogP) is 3.76. The molecular weight excluding hydrogens is 312 g/mol. The van der Waals surface area contributed by atoms with Crippen LogP contribution < -0.4 is 5.32 Å². The number of hydrogen-bond acceptors (Lipinski definition) is 4. The standard InChI is InChI=1S/C17H12N2O3S/c20-15(19-13-4-2-1-3-5-13)14-10-18-16(23-14)11-6-8-12(9-7-11)17(21)22/h1-10H,(H,19,20)(H,21,22). The van der Waals surface area contributed by atoms with Crippen molar-refractivity contribution in [3.8, 4) is 10.6 Å². The molecule has 0 aliphatic carbocycles. The van der Waals surface area contributed by atoms with Crippen LogP contribution in [0.3, 0.4) is 0 Å². The lowest BCUT2D eigenvalue weighted by Gasteiger charge is -2.01. The van der Waals surface area contributed by atoms with Gasteiger partial charge in [0.25, 0.3) is 5.91 Å². The van der Waals surface area contributed by atoms with Gasteiger partial charge >= 0.3 is 5.97 Å². The highest BCUT2D eigenvalue weighted by atomic mass is 32.1. The highest BCUT2D eigenvalue weighted by molar-refractivity contribution is 7.17. The summed E-state index contributed by atoms with van der Waals surface area (Å²) in [4.78, 5) is 27.8. The van der Waals surface area contributed by atoms with E-state index in [9.17, 15) is 9.59 Å². The SMILES string of the molecule is O=C(O)c1ccc(-c2ncc(C(=O)Nc3ccccc3)s2)cc1. The van der Waals surface area contributed by atoms with E-state index in [4.69, 9.17) is 5.11 Å². The van der Waals surface area contributed by atoms with Crippen LogP contribution in [0.4, 0.5) is 5.69 Å². The van der Waals surface area contributed by atoms with Crippen LogP contribution in [0.15, 0.2) is 60.8 Å². The number of hydrogen-bond donors (Lipinski definition) is 2. The van der Waals surface area contributed by atoms with E-state index in [1.54, 1.807) is 12.1 Å². The lowest BCUT2D eigenvalue weighted by molar-refractivity contribution is 0.0696. The zero-order chi connectivity index (χ0) is 16.2. The summed E-state index contributed by atoms with van der Waals surface area (Å²) in [5.41, 5.74) is 1.71. The third kappa shape index (κ3) is 3.44. The van der Waals surface area contributed by atoms with Crippen LogP contribution in [-0.4, -0.2) is 22.0 Å². The largest absolute Gasteiger partial charge is 0.478 e. The molecule has 3 aromatic rings. The van der Waals surface area contributed by atoms with Crippen LogP contribution in [0.5, 0.6) is 0 Å². The van der Waals surface area contributed by atoms with Crippen molar-refractivity contribution in [2.75, 3.05) is 5.32 Å². The molecule has 6 heteroatoms. The first-order valence-corrected chi connectivity index (χ1v) is 7.61. The van der Waals surface area contributed by atoms with E-state index in [1.165, 1.54) is 29.7 Å². The second kappa shape index (κ2) is 6.41. The van der Waals surface area contributed by atoms with Gasteiger partial charge < -0.3 is 10.4 Å². The van der Waals surface area contributed by atoms with E-state index in [0.29, 0.717) is 9.88 Å². The van der Waals surface area contributed by atoms with Gasteiger partial charge in [0.2, 0.25) is 0 Å². The van der Waals surface area contributed by atoms with Gasteiger partial charge in [0.15, 0.2) is 0 Å². The fourth-order valence-corrected chi connectivity index (χ4v) is 2.80. The Balaban J connectivity index is 1.77. The number of para-hydroxylation sites is 1. The molecule has 0 radical (unpaired) electrons. The van der Waals surface area contributed by atoms with Gasteiger partial charge in [-0.3, -0.25) is 4.79 Å². The van der Waals surface area contributed by atoms with Gasteiger partial charge in [0, 0.05) is 11.3 Å². The number of rotatable bonds is 4. The number of nitrogens with one attached hydrogen (secondary N) is 1. The van der Waals surface area contributed by atoms with Crippen molar-refractivity contribution < 1.29 is 14.7 Å². The summed E-state index contributed by atoms with van der Waals surface area (Å²) in [7, 11) is 0. The van der Waals surface area contributed by atoms with Crippen molar-refractivity contribution in [2.24, 2.45) is 0 Å². The van der Waals surface area contributed by atoms with Gasteiger partial charge in [-0.15, -0.1) is 11.3 Å². The first-order valence-electron chi connectivity index (χ1n) is 6.79. The van der Waals surface area contributed by atoms with Gasteiger partial charge in [0.1, 0.15) is 9.88 Å². The molecule has 0 saturated heterocycles. The van der Waals surface area contributed by atoms with E-state index in [0.717, 1.165) is 11.3 Å². The molecule has 2 N–H and O–H groups in total. The second-order valence-corrected chi connectivity index (χ2v) is 5.76. The molecule has 0 bridgehead atoms. The summed E-state index contributed by atoms with van der Waals surface area (Å²) in [6, 6.07) is 15.6. The molecular formula is C17H12N2O3S. The maximum absolute atomic E-state index is 12.2. The number of thiazole rings is 1. The third-order valence-corrected chi connectivity index (χ3v) is 4.19. The molecule has 0 spiro atoms. The Morgan fingerprint density at radius 2 is 1.70 bits per heavy atom. The van der Waals surface area contributed by atoms with Crippen LogP contribution in [0.2, 0.25) is 0 Å². The quantitative estimate of drug-likeness (QED) is 0.766. The summed E-state index contributed by atoms with van der Waals surface area (Å²) < 4.78 is 0. The number of carbonyl (C=O) groups is 2. The van der Waals surface area contributed by atoms with Gasteiger partial charge in [-0.2, -0.15) is 0 Å². The Morgan fingerprint density at radius 1 is 1.00 bits per heavy atom. The van der Waals surface area contributed by atoms with E-state index in [2.05, 4.69) is 10.3 Å². The fraction of sp³-hybridized carbons (Fsp3) is 0. The maximum atomic E-state index is 12.2. The zero-order valence-corrected chi connectivity index (χ0v) is 12.7.